The topological polar surface area (TPSA) is 62.7 Å². The second-order valence-electron chi connectivity index (χ2n) is 5.13. The number of hydrogen-bond donors (Lipinski definition) is 2. The van der Waals surface area contributed by atoms with Gasteiger partial charge in [-0.05, 0) is 37.9 Å². The molecule has 0 bridgehead atoms. The molecule has 1 fully saturated rings. The Balaban J connectivity index is 1.88. The Morgan fingerprint density at radius 1 is 1.15 bits per heavy atom. The Morgan fingerprint density at radius 3 is 2.80 bits per heavy atom. The minimum atomic E-state index is 0.420. The lowest BCUT2D eigenvalue weighted by Crippen LogP contribution is -2.29. The molecule has 2 N–H and O–H groups in total. The van der Waals surface area contributed by atoms with Crippen molar-refractivity contribution in [1.29, 1.82) is 0 Å². The summed E-state index contributed by atoms with van der Waals surface area (Å²) >= 11 is 0. The third kappa shape index (κ3) is 2.77. The van der Waals surface area contributed by atoms with Gasteiger partial charge < -0.3 is 10.6 Å². The highest BCUT2D eigenvalue weighted by molar-refractivity contribution is 5.57. The first-order valence-electron chi connectivity index (χ1n) is 7.05. The summed E-state index contributed by atoms with van der Waals surface area (Å²) in [7, 11) is 0. The van der Waals surface area contributed by atoms with Gasteiger partial charge in [-0.3, -0.25) is 4.98 Å². The van der Waals surface area contributed by atoms with Gasteiger partial charge in [0.25, 0.3) is 0 Å². The van der Waals surface area contributed by atoms with E-state index in [4.69, 9.17) is 0 Å². The minimum Gasteiger partial charge on any atom is -0.323 e. The molecule has 3 heterocycles. The fourth-order valence-electron chi connectivity index (χ4n) is 2.56. The van der Waals surface area contributed by atoms with Crippen LogP contribution in [0, 0.1) is 6.92 Å². The van der Waals surface area contributed by atoms with Crippen LogP contribution in [0.2, 0.25) is 0 Å². The van der Waals surface area contributed by atoms with Crippen LogP contribution in [0.5, 0.6) is 0 Å². The van der Waals surface area contributed by atoms with Crippen LogP contribution in [0.15, 0.2) is 30.7 Å². The Kier molecular flexibility index (Phi) is 3.87. The molecule has 104 valence electrons. The maximum Gasteiger partial charge on any atom is 0.153 e. The number of nitrogens with zero attached hydrogens (tertiary/aromatic N) is 3. The number of rotatable bonds is 3. The Bertz CT molecular complexity index is 578. The molecule has 5 nitrogen and oxygen atoms in total. The van der Waals surface area contributed by atoms with E-state index in [9.17, 15) is 0 Å². The van der Waals surface area contributed by atoms with Crippen LogP contribution in [0.1, 0.15) is 30.0 Å². The molecular formula is C15H19N5. The zero-order valence-electron chi connectivity index (χ0n) is 11.6. The van der Waals surface area contributed by atoms with Crippen molar-refractivity contribution in [3.05, 3.63) is 42.0 Å². The van der Waals surface area contributed by atoms with Crippen LogP contribution >= 0.6 is 0 Å². The summed E-state index contributed by atoms with van der Waals surface area (Å²) in [6.07, 6.45) is 7.61. The van der Waals surface area contributed by atoms with Crippen LogP contribution in [0.3, 0.4) is 0 Å². The molecule has 2 aromatic rings. The van der Waals surface area contributed by atoms with E-state index in [2.05, 4.69) is 25.6 Å². The Morgan fingerprint density at radius 2 is 2.00 bits per heavy atom. The van der Waals surface area contributed by atoms with Crippen molar-refractivity contribution in [2.24, 2.45) is 0 Å². The molecule has 20 heavy (non-hydrogen) atoms. The molecule has 0 amide bonds. The summed E-state index contributed by atoms with van der Waals surface area (Å²) < 4.78 is 0. The molecule has 1 aliphatic rings. The average Bonchev–Trinajstić information content (AvgIpc) is 2.51. The molecular weight excluding hydrogens is 250 g/mol. The van der Waals surface area contributed by atoms with Gasteiger partial charge in [-0.15, -0.1) is 0 Å². The van der Waals surface area contributed by atoms with Crippen molar-refractivity contribution in [2.45, 2.75) is 25.7 Å². The third-order valence-electron chi connectivity index (χ3n) is 3.66. The van der Waals surface area contributed by atoms with E-state index in [0.717, 1.165) is 42.4 Å². The number of aryl methyl sites for hydroxylation is 1. The van der Waals surface area contributed by atoms with E-state index in [1.165, 1.54) is 6.42 Å². The molecule has 0 unspecified atom stereocenters. The van der Waals surface area contributed by atoms with Gasteiger partial charge in [0, 0.05) is 31.1 Å². The molecule has 2 aromatic heterocycles. The summed E-state index contributed by atoms with van der Waals surface area (Å²) in [6, 6.07) is 3.97. The summed E-state index contributed by atoms with van der Waals surface area (Å²) in [5.74, 6) is 2.09. The molecule has 1 saturated heterocycles. The zero-order valence-corrected chi connectivity index (χ0v) is 11.6. The second-order valence-corrected chi connectivity index (χ2v) is 5.13. The number of nitrogens with one attached hydrogen (secondary N) is 2. The Hall–Kier alpha value is -2.01. The minimum absolute atomic E-state index is 0.420. The number of hydrogen-bond acceptors (Lipinski definition) is 5. The maximum absolute atomic E-state index is 4.54. The Labute approximate surface area is 118 Å². The van der Waals surface area contributed by atoms with Crippen molar-refractivity contribution in [2.75, 3.05) is 18.4 Å². The van der Waals surface area contributed by atoms with Crippen molar-refractivity contribution >= 4 is 11.6 Å². The maximum atomic E-state index is 4.54. The highest BCUT2D eigenvalue weighted by Crippen LogP contribution is 2.28. The lowest BCUT2D eigenvalue weighted by molar-refractivity contribution is 0.455. The average molecular weight is 269 g/mol. The fraction of sp³-hybridized carbons (Fsp3) is 0.400. The fourth-order valence-corrected chi connectivity index (χ4v) is 2.56. The lowest BCUT2D eigenvalue weighted by atomic mass is 9.96. The van der Waals surface area contributed by atoms with Crippen molar-refractivity contribution in [3.63, 3.8) is 0 Å². The van der Waals surface area contributed by atoms with Gasteiger partial charge in [0.05, 0.1) is 5.69 Å². The molecule has 0 aromatic carbocycles. The molecule has 0 radical (unpaired) electrons. The molecule has 0 aliphatic carbocycles. The van der Waals surface area contributed by atoms with Gasteiger partial charge in [-0.1, -0.05) is 6.07 Å². The van der Waals surface area contributed by atoms with Gasteiger partial charge in [-0.2, -0.15) is 0 Å². The number of anilines is 2. The van der Waals surface area contributed by atoms with Crippen molar-refractivity contribution in [3.8, 4) is 0 Å². The first-order valence-corrected chi connectivity index (χ1v) is 7.05. The van der Waals surface area contributed by atoms with Gasteiger partial charge in [0.2, 0.25) is 0 Å². The molecule has 3 rings (SSSR count). The lowest BCUT2D eigenvalue weighted by Gasteiger charge is -2.23. The molecule has 0 spiro atoms. The first kappa shape index (κ1) is 13.0. The van der Waals surface area contributed by atoms with E-state index < -0.39 is 0 Å². The predicted molar refractivity (Wildman–Crippen MR) is 79.1 cm³/mol. The van der Waals surface area contributed by atoms with Gasteiger partial charge in [0.1, 0.15) is 5.82 Å². The quantitative estimate of drug-likeness (QED) is 0.896. The molecule has 1 atom stereocenters. The largest absolute Gasteiger partial charge is 0.323 e. The van der Waals surface area contributed by atoms with E-state index >= 15 is 0 Å². The monoisotopic (exact) mass is 269 g/mol. The van der Waals surface area contributed by atoms with Gasteiger partial charge in [-0.25, -0.2) is 9.97 Å². The van der Waals surface area contributed by atoms with Crippen LogP contribution in [-0.2, 0) is 0 Å². The van der Waals surface area contributed by atoms with E-state index in [-0.39, 0.29) is 0 Å². The number of pyridine rings is 1. The van der Waals surface area contributed by atoms with Gasteiger partial charge >= 0.3 is 0 Å². The third-order valence-corrected chi connectivity index (χ3v) is 3.66. The summed E-state index contributed by atoms with van der Waals surface area (Å²) in [5, 5.41) is 6.75. The van der Waals surface area contributed by atoms with Crippen molar-refractivity contribution in [1.82, 2.24) is 20.3 Å². The van der Waals surface area contributed by atoms with Crippen LogP contribution in [-0.4, -0.2) is 28.0 Å². The van der Waals surface area contributed by atoms with Crippen LogP contribution in [0.25, 0.3) is 0 Å². The van der Waals surface area contributed by atoms with Crippen molar-refractivity contribution < 1.29 is 0 Å². The van der Waals surface area contributed by atoms with Crippen LogP contribution in [0.4, 0.5) is 11.6 Å². The zero-order chi connectivity index (χ0) is 13.8. The van der Waals surface area contributed by atoms with Gasteiger partial charge in [0.15, 0.2) is 5.82 Å². The standard InChI is InChI=1S/C15H19N5/c1-11-4-2-7-18-14(11)20-15-13(17-8-9-19-15)12-5-3-6-16-10-12/h2,4,7-9,12,16H,3,5-6,10H2,1H3,(H,18,19,20)/t12-/m0/s1. The predicted octanol–water partition coefficient (Wildman–Crippen LogP) is 2.39. The smallest absolute Gasteiger partial charge is 0.153 e. The summed E-state index contributed by atoms with van der Waals surface area (Å²) in [5.41, 5.74) is 2.13. The second kappa shape index (κ2) is 5.96. The SMILES string of the molecule is Cc1cccnc1Nc1nccnc1[C@H]1CCCNC1. The highest BCUT2D eigenvalue weighted by atomic mass is 15.1. The van der Waals surface area contributed by atoms with E-state index in [0.29, 0.717) is 5.92 Å². The highest BCUT2D eigenvalue weighted by Gasteiger charge is 2.20. The number of aromatic nitrogens is 3. The number of piperidine rings is 1. The van der Waals surface area contributed by atoms with E-state index in [1.54, 1.807) is 18.6 Å². The van der Waals surface area contributed by atoms with Crippen LogP contribution < -0.4 is 10.6 Å². The normalized spacial score (nSPS) is 18.8. The first-order chi connectivity index (χ1) is 9.84. The summed E-state index contributed by atoms with van der Waals surface area (Å²) in [4.78, 5) is 13.3. The molecule has 1 aliphatic heterocycles. The molecule has 0 saturated carbocycles. The summed E-state index contributed by atoms with van der Waals surface area (Å²) in [6.45, 7) is 4.10. The van der Waals surface area contributed by atoms with E-state index in [1.807, 2.05) is 19.1 Å². The molecule has 5 heteroatoms.